The zero-order valence-electron chi connectivity index (χ0n) is 15.2. The molecule has 0 aliphatic carbocycles. The molecule has 25 heavy (non-hydrogen) atoms. The Kier molecular flexibility index (Phi) is 4.88. The van der Waals surface area contributed by atoms with E-state index in [9.17, 15) is 9.59 Å². The summed E-state index contributed by atoms with van der Waals surface area (Å²) < 4.78 is 6.42. The number of likely N-dealkylation sites (tertiary alicyclic amines) is 1. The first-order valence-corrected chi connectivity index (χ1v) is 8.96. The number of urea groups is 1. The molecular weight excluding hydrogens is 318 g/mol. The minimum Gasteiger partial charge on any atom is -0.485 e. The molecule has 1 N–H and O–H groups in total. The van der Waals surface area contributed by atoms with E-state index in [0.29, 0.717) is 26.2 Å². The fourth-order valence-electron chi connectivity index (χ4n) is 3.55. The number of fused-ring (bicyclic) bond motifs is 1. The van der Waals surface area contributed by atoms with Crippen LogP contribution in [0.2, 0.25) is 0 Å². The molecule has 2 aliphatic rings. The third-order valence-corrected chi connectivity index (χ3v) is 4.96. The number of hydrogen-bond donors (Lipinski definition) is 1. The lowest BCUT2D eigenvalue weighted by Gasteiger charge is -2.42. The fourth-order valence-corrected chi connectivity index (χ4v) is 3.55. The maximum Gasteiger partial charge on any atom is 0.317 e. The number of para-hydroxylation sites is 1. The van der Waals surface area contributed by atoms with E-state index in [-0.39, 0.29) is 18.0 Å². The molecule has 1 fully saturated rings. The van der Waals surface area contributed by atoms with E-state index in [2.05, 4.69) is 5.32 Å². The number of nitrogens with one attached hydrogen (secondary N) is 1. The number of amides is 3. The van der Waals surface area contributed by atoms with E-state index in [4.69, 9.17) is 4.74 Å². The van der Waals surface area contributed by atoms with Crippen molar-refractivity contribution < 1.29 is 14.3 Å². The monoisotopic (exact) mass is 345 g/mol. The Labute approximate surface area is 149 Å². The first kappa shape index (κ1) is 17.6. The number of nitrogens with zero attached hydrogens (tertiary/aromatic N) is 2. The van der Waals surface area contributed by atoms with Gasteiger partial charge in [-0.2, -0.15) is 0 Å². The minimum atomic E-state index is -0.424. The van der Waals surface area contributed by atoms with Crippen molar-refractivity contribution in [1.82, 2.24) is 15.1 Å². The van der Waals surface area contributed by atoms with Crippen molar-refractivity contribution in [3.8, 4) is 5.75 Å². The number of rotatable bonds is 1. The Balaban J connectivity index is 1.77. The average Bonchev–Trinajstić information content (AvgIpc) is 2.71. The molecular formula is C19H27N3O3. The third kappa shape index (κ3) is 3.89. The van der Waals surface area contributed by atoms with Crippen LogP contribution in [-0.4, -0.2) is 53.0 Å². The highest BCUT2D eigenvalue weighted by Crippen LogP contribution is 2.35. The highest BCUT2D eigenvalue weighted by Gasteiger charge is 2.42. The molecule has 0 radical (unpaired) electrons. The van der Waals surface area contributed by atoms with Crippen LogP contribution in [-0.2, 0) is 11.3 Å². The number of ether oxygens (including phenoxy) is 1. The van der Waals surface area contributed by atoms with Crippen LogP contribution in [0.3, 0.4) is 0 Å². The lowest BCUT2D eigenvalue weighted by molar-refractivity contribution is -0.132. The van der Waals surface area contributed by atoms with Gasteiger partial charge in [0.05, 0.1) is 6.54 Å². The summed E-state index contributed by atoms with van der Waals surface area (Å²) in [4.78, 5) is 28.0. The first-order valence-electron chi connectivity index (χ1n) is 8.96. The van der Waals surface area contributed by atoms with Crippen LogP contribution in [0.5, 0.6) is 5.75 Å². The molecule has 1 spiro atoms. The van der Waals surface area contributed by atoms with Crippen molar-refractivity contribution in [2.75, 3.05) is 19.6 Å². The largest absolute Gasteiger partial charge is 0.485 e. The van der Waals surface area contributed by atoms with Crippen LogP contribution < -0.4 is 10.1 Å². The minimum absolute atomic E-state index is 0.0257. The second kappa shape index (κ2) is 6.94. The predicted molar refractivity (Wildman–Crippen MR) is 95.4 cm³/mol. The molecule has 0 unspecified atom stereocenters. The maximum atomic E-state index is 12.2. The summed E-state index contributed by atoms with van der Waals surface area (Å²) in [6.45, 7) is 7.92. The van der Waals surface area contributed by atoms with E-state index in [1.165, 1.54) is 0 Å². The second-order valence-corrected chi connectivity index (χ2v) is 7.36. The SMILES string of the molecule is CC(=O)N1Cc2ccccc2OC2(CCN(C(=O)NC(C)C)CC2)C1. The summed E-state index contributed by atoms with van der Waals surface area (Å²) in [6, 6.07) is 8.01. The van der Waals surface area contributed by atoms with Gasteiger partial charge in [0.2, 0.25) is 5.91 Å². The van der Waals surface area contributed by atoms with E-state index in [1.807, 2.05) is 47.9 Å². The number of hydrogen-bond acceptors (Lipinski definition) is 3. The molecule has 0 aromatic heterocycles. The van der Waals surface area contributed by atoms with Crippen molar-refractivity contribution in [2.24, 2.45) is 0 Å². The van der Waals surface area contributed by atoms with Gasteiger partial charge >= 0.3 is 6.03 Å². The molecule has 6 heteroatoms. The van der Waals surface area contributed by atoms with Gasteiger partial charge in [0.15, 0.2) is 0 Å². The van der Waals surface area contributed by atoms with Crippen LogP contribution in [0.1, 0.15) is 39.2 Å². The van der Waals surface area contributed by atoms with Crippen LogP contribution in [0, 0.1) is 0 Å². The summed E-state index contributed by atoms with van der Waals surface area (Å²) >= 11 is 0. The molecule has 0 bridgehead atoms. The van der Waals surface area contributed by atoms with Crippen molar-refractivity contribution in [3.05, 3.63) is 29.8 Å². The van der Waals surface area contributed by atoms with E-state index in [1.54, 1.807) is 6.92 Å². The number of carbonyl (C=O) groups is 2. The van der Waals surface area contributed by atoms with Gasteiger partial charge in [-0.15, -0.1) is 0 Å². The van der Waals surface area contributed by atoms with Gasteiger partial charge < -0.3 is 19.9 Å². The quantitative estimate of drug-likeness (QED) is 0.850. The van der Waals surface area contributed by atoms with Gasteiger partial charge in [0.1, 0.15) is 11.4 Å². The van der Waals surface area contributed by atoms with Crippen LogP contribution in [0.15, 0.2) is 24.3 Å². The Morgan fingerprint density at radius 2 is 1.84 bits per heavy atom. The highest BCUT2D eigenvalue weighted by atomic mass is 16.5. The zero-order valence-corrected chi connectivity index (χ0v) is 15.2. The van der Waals surface area contributed by atoms with Crippen LogP contribution in [0.4, 0.5) is 4.79 Å². The molecule has 1 saturated heterocycles. The number of benzene rings is 1. The van der Waals surface area contributed by atoms with Gasteiger partial charge in [0, 0.05) is 51.0 Å². The maximum absolute atomic E-state index is 12.2. The lowest BCUT2D eigenvalue weighted by Crippen LogP contribution is -2.56. The van der Waals surface area contributed by atoms with Crippen molar-refractivity contribution in [3.63, 3.8) is 0 Å². The molecule has 6 nitrogen and oxygen atoms in total. The smallest absolute Gasteiger partial charge is 0.317 e. The van der Waals surface area contributed by atoms with Crippen molar-refractivity contribution in [2.45, 2.75) is 51.8 Å². The Hall–Kier alpha value is -2.24. The Morgan fingerprint density at radius 1 is 1.16 bits per heavy atom. The summed E-state index contributed by atoms with van der Waals surface area (Å²) in [5.41, 5.74) is 0.613. The lowest BCUT2D eigenvalue weighted by atomic mass is 9.90. The van der Waals surface area contributed by atoms with Crippen LogP contribution in [0.25, 0.3) is 0 Å². The molecule has 2 heterocycles. The second-order valence-electron chi connectivity index (χ2n) is 7.36. The van der Waals surface area contributed by atoms with Gasteiger partial charge in [-0.1, -0.05) is 18.2 Å². The summed E-state index contributed by atoms with van der Waals surface area (Å²) in [7, 11) is 0. The summed E-state index contributed by atoms with van der Waals surface area (Å²) in [5, 5.41) is 2.94. The molecule has 3 amide bonds. The molecule has 2 aliphatic heterocycles. The zero-order chi connectivity index (χ0) is 18.0. The molecule has 0 atom stereocenters. The average molecular weight is 345 g/mol. The number of piperidine rings is 1. The van der Waals surface area contributed by atoms with Gasteiger partial charge in [-0.3, -0.25) is 4.79 Å². The highest BCUT2D eigenvalue weighted by molar-refractivity contribution is 5.75. The molecule has 1 aromatic rings. The van der Waals surface area contributed by atoms with Gasteiger partial charge in [-0.05, 0) is 19.9 Å². The van der Waals surface area contributed by atoms with Crippen molar-refractivity contribution in [1.29, 1.82) is 0 Å². The molecule has 136 valence electrons. The van der Waals surface area contributed by atoms with E-state index in [0.717, 1.165) is 24.2 Å². The summed E-state index contributed by atoms with van der Waals surface area (Å²) in [5.74, 6) is 0.908. The number of carbonyl (C=O) groups excluding carboxylic acids is 2. The third-order valence-electron chi connectivity index (χ3n) is 4.96. The standard InChI is InChI=1S/C19H27N3O3/c1-14(2)20-18(24)21-10-8-19(9-11-21)13-22(15(3)23)12-16-6-4-5-7-17(16)25-19/h4-7,14H,8-13H2,1-3H3,(H,20,24). The first-order chi connectivity index (χ1) is 11.9. The predicted octanol–water partition coefficient (Wildman–Crippen LogP) is 2.38. The van der Waals surface area contributed by atoms with Gasteiger partial charge in [-0.25, -0.2) is 4.79 Å². The Bertz CT molecular complexity index is 651. The fraction of sp³-hybridized carbons (Fsp3) is 0.579. The van der Waals surface area contributed by atoms with Gasteiger partial charge in [0.25, 0.3) is 0 Å². The normalized spacial score (nSPS) is 19.2. The van der Waals surface area contributed by atoms with E-state index < -0.39 is 5.60 Å². The van der Waals surface area contributed by atoms with E-state index >= 15 is 0 Å². The van der Waals surface area contributed by atoms with Crippen molar-refractivity contribution >= 4 is 11.9 Å². The topological polar surface area (TPSA) is 61.9 Å². The molecule has 0 saturated carbocycles. The molecule has 1 aromatic carbocycles. The summed E-state index contributed by atoms with van der Waals surface area (Å²) in [6.07, 6.45) is 1.44. The molecule has 3 rings (SSSR count). The van der Waals surface area contributed by atoms with Crippen LogP contribution >= 0.6 is 0 Å². The Morgan fingerprint density at radius 3 is 2.48 bits per heavy atom.